The Bertz CT molecular complexity index is 992. The minimum absolute atomic E-state index is 0.0553. The van der Waals surface area contributed by atoms with Gasteiger partial charge in [0.2, 0.25) is 0 Å². The van der Waals surface area contributed by atoms with Crippen LogP contribution in [0.5, 0.6) is 11.5 Å². The minimum Gasteiger partial charge on any atom is -0.503 e. The summed E-state index contributed by atoms with van der Waals surface area (Å²) < 4.78 is 24.3. The van der Waals surface area contributed by atoms with Crippen molar-refractivity contribution in [1.29, 1.82) is 0 Å². The first kappa shape index (κ1) is 23.5. The van der Waals surface area contributed by atoms with E-state index in [1.807, 2.05) is 13.8 Å². The third-order valence-electron chi connectivity index (χ3n) is 6.08. The third kappa shape index (κ3) is 5.00. The van der Waals surface area contributed by atoms with Gasteiger partial charge < -0.3 is 19.9 Å². The van der Waals surface area contributed by atoms with Crippen molar-refractivity contribution < 1.29 is 28.6 Å². The van der Waals surface area contributed by atoms with Crippen LogP contribution in [0.3, 0.4) is 0 Å². The van der Waals surface area contributed by atoms with E-state index >= 15 is 0 Å². The maximum Gasteiger partial charge on any atom is 0.328 e. The zero-order valence-corrected chi connectivity index (χ0v) is 18.7. The Hall–Kier alpha value is -3.16. The first-order chi connectivity index (χ1) is 15.2. The maximum atomic E-state index is 13.6. The molecule has 0 aliphatic heterocycles. The van der Waals surface area contributed by atoms with Gasteiger partial charge in [-0.3, -0.25) is 4.79 Å². The van der Waals surface area contributed by atoms with Crippen molar-refractivity contribution >= 4 is 11.9 Å². The molecule has 172 valence electrons. The number of esters is 1. The molecule has 0 saturated heterocycles. The number of hydrogen-bond acceptors (Lipinski definition) is 6. The molecule has 1 saturated carbocycles. The number of rotatable bonds is 8. The van der Waals surface area contributed by atoms with Crippen molar-refractivity contribution in [2.45, 2.75) is 58.1 Å². The molecule has 1 amide bonds. The van der Waals surface area contributed by atoms with Gasteiger partial charge in [-0.1, -0.05) is 12.5 Å². The highest BCUT2D eigenvalue weighted by molar-refractivity contribution is 5.97. The van der Waals surface area contributed by atoms with Crippen LogP contribution < -0.4 is 10.1 Å². The predicted molar refractivity (Wildman–Crippen MR) is 116 cm³/mol. The van der Waals surface area contributed by atoms with Gasteiger partial charge in [0.15, 0.2) is 17.2 Å². The van der Waals surface area contributed by atoms with Crippen LogP contribution in [0.2, 0.25) is 0 Å². The fraction of sp³-hybridized carbons (Fsp3) is 0.458. The highest BCUT2D eigenvalue weighted by atomic mass is 19.1. The second-order valence-corrected chi connectivity index (χ2v) is 8.27. The minimum atomic E-state index is -0.964. The van der Waals surface area contributed by atoms with Crippen LogP contribution in [-0.4, -0.2) is 41.2 Å². The number of aromatic nitrogens is 1. The Morgan fingerprint density at radius 3 is 2.56 bits per heavy atom. The molecule has 3 rings (SSSR count). The molecule has 0 radical (unpaired) electrons. The Morgan fingerprint density at radius 2 is 1.97 bits per heavy atom. The second kappa shape index (κ2) is 9.97. The van der Waals surface area contributed by atoms with Gasteiger partial charge in [0.1, 0.15) is 18.0 Å². The molecule has 0 unspecified atom stereocenters. The molecular formula is C24H29FN2O5. The summed E-state index contributed by atoms with van der Waals surface area (Å²) in [6.45, 7) is 5.19. The van der Waals surface area contributed by atoms with Gasteiger partial charge in [0.05, 0.1) is 7.11 Å². The average molecular weight is 445 g/mol. The van der Waals surface area contributed by atoms with Gasteiger partial charge >= 0.3 is 5.97 Å². The number of methoxy groups -OCH3 is 1. The van der Waals surface area contributed by atoms with Gasteiger partial charge in [-0.15, -0.1) is 0 Å². The number of carbonyl (C=O) groups is 2. The summed E-state index contributed by atoms with van der Waals surface area (Å²) in [7, 11) is 1.36. The topological polar surface area (TPSA) is 97.8 Å². The summed E-state index contributed by atoms with van der Waals surface area (Å²) in [5.41, 5.74) is 1.55. The van der Waals surface area contributed by atoms with Crippen LogP contribution in [0.25, 0.3) is 0 Å². The molecule has 1 fully saturated rings. The fourth-order valence-electron chi connectivity index (χ4n) is 4.15. The summed E-state index contributed by atoms with van der Waals surface area (Å²) in [6.07, 6.45) is 4.03. The standard InChI is InChI=1S/C24H29FN2O5/c1-13-12-17(25)8-9-18(13)20(16-6-5-7-16)15(3)32-24(30)14(2)27-23(29)21-22(28)19(31-4)10-11-26-21/h8-12,14-16,20,28H,5-7H2,1-4H3,(H,27,29)/t14-,15-,20-/m0/s1. The Labute approximate surface area is 187 Å². The van der Waals surface area contributed by atoms with E-state index < -0.39 is 29.8 Å². The number of nitrogens with zero attached hydrogens (tertiary/aromatic N) is 1. The highest BCUT2D eigenvalue weighted by Gasteiger charge is 2.36. The Morgan fingerprint density at radius 1 is 1.25 bits per heavy atom. The highest BCUT2D eigenvalue weighted by Crippen LogP contribution is 2.43. The van der Waals surface area contributed by atoms with Crippen LogP contribution >= 0.6 is 0 Å². The number of halogens is 1. The molecule has 32 heavy (non-hydrogen) atoms. The zero-order chi connectivity index (χ0) is 23.4. The normalized spacial score (nSPS) is 16.4. The van der Waals surface area contributed by atoms with Gasteiger partial charge in [-0.25, -0.2) is 14.2 Å². The lowest BCUT2D eigenvalue weighted by atomic mass is 9.70. The summed E-state index contributed by atoms with van der Waals surface area (Å²) >= 11 is 0. The van der Waals surface area contributed by atoms with E-state index in [0.29, 0.717) is 5.92 Å². The second-order valence-electron chi connectivity index (χ2n) is 8.27. The van der Waals surface area contributed by atoms with Gasteiger partial charge in [-0.05, 0) is 62.8 Å². The van der Waals surface area contributed by atoms with E-state index in [1.54, 1.807) is 6.07 Å². The molecule has 3 atom stereocenters. The van der Waals surface area contributed by atoms with Gasteiger partial charge in [-0.2, -0.15) is 0 Å². The van der Waals surface area contributed by atoms with Gasteiger partial charge in [0.25, 0.3) is 5.91 Å². The predicted octanol–water partition coefficient (Wildman–Crippen LogP) is 3.88. The number of nitrogens with one attached hydrogen (secondary N) is 1. The number of aromatic hydroxyl groups is 1. The van der Waals surface area contributed by atoms with Crippen LogP contribution in [0.1, 0.15) is 60.6 Å². The fourth-order valence-corrected chi connectivity index (χ4v) is 4.15. The van der Waals surface area contributed by atoms with E-state index in [-0.39, 0.29) is 23.2 Å². The molecule has 1 aliphatic rings. The number of amides is 1. The Balaban J connectivity index is 1.69. The van der Waals surface area contributed by atoms with E-state index in [2.05, 4.69) is 10.3 Å². The number of pyridine rings is 1. The van der Waals surface area contributed by atoms with Crippen molar-refractivity contribution in [3.63, 3.8) is 0 Å². The molecule has 0 bridgehead atoms. The molecule has 8 heteroatoms. The Kier molecular flexibility index (Phi) is 7.33. The number of benzene rings is 1. The summed E-state index contributed by atoms with van der Waals surface area (Å²) in [5.74, 6) is -1.62. The number of ether oxygens (including phenoxy) is 2. The molecule has 0 spiro atoms. The molecule has 7 nitrogen and oxygen atoms in total. The lowest BCUT2D eigenvalue weighted by Gasteiger charge is -2.38. The molecule has 2 N–H and O–H groups in total. The summed E-state index contributed by atoms with van der Waals surface area (Å²) in [4.78, 5) is 29.1. The van der Waals surface area contributed by atoms with Crippen molar-refractivity contribution in [3.05, 3.63) is 53.1 Å². The molecular weight excluding hydrogens is 415 g/mol. The molecule has 1 aromatic carbocycles. The largest absolute Gasteiger partial charge is 0.503 e. The molecule has 2 aromatic rings. The first-order valence-electron chi connectivity index (χ1n) is 10.7. The SMILES string of the molecule is COc1ccnc(C(=O)N[C@@H](C)C(=O)O[C@@H](C)[C@H](c2ccc(F)cc2C)C2CCC2)c1O. The van der Waals surface area contributed by atoms with E-state index in [9.17, 15) is 19.1 Å². The molecule has 1 heterocycles. The lowest BCUT2D eigenvalue weighted by Crippen LogP contribution is -2.42. The number of aryl methyl sites for hydroxylation is 1. The third-order valence-corrected chi connectivity index (χ3v) is 6.08. The summed E-state index contributed by atoms with van der Waals surface area (Å²) in [5, 5.41) is 12.6. The van der Waals surface area contributed by atoms with E-state index in [4.69, 9.17) is 9.47 Å². The monoisotopic (exact) mass is 444 g/mol. The van der Waals surface area contributed by atoms with E-state index in [0.717, 1.165) is 30.4 Å². The number of carbonyl (C=O) groups excluding carboxylic acids is 2. The van der Waals surface area contributed by atoms with Crippen LogP contribution in [0.15, 0.2) is 30.5 Å². The van der Waals surface area contributed by atoms with Gasteiger partial charge in [0, 0.05) is 18.2 Å². The zero-order valence-electron chi connectivity index (χ0n) is 18.7. The van der Waals surface area contributed by atoms with Crippen molar-refractivity contribution in [2.24, 2.45) is 5.92 Å². The van der Waals surface area contributed by atoms with Crippen LogP contribution in [0, 0.1) is 18.7 Å². The first-order valence-corrected chi connectivity index (χ1v) is 10.7. The van der Waals surface area contributed by atoms with Crippen molar-refractivity contribution in [2.75, 3.05) is 7.11 Å². The lowest BCUT2D eigenvalue weighted by molar-refractivity contribution is -0.152. The number of hydrogen-bond donors (Lipinski definition) is 2. The van der Waals surface area contributed by atoms with Crippen LogP contribution in [-0.2, 0) is 9.53 Å². The summed E-state index contributed by atoms with van der Waals surface area (Å²) in [6, 6.07) is 5.14. The molecule has 1 aliphatic carbocycles. The quantitative estimate of drug-likeness (QED) is 0.600. The van der Waals surface area contributed by atoms with E-state index in [1.165, 1.54) is 38.4 Å². The van der Waals surface area contributed by atoms with Crippen LogP contribution in [0.4, 0.5) is 4.39 Å². The molecule has 1 aromatic heterocycles. The smallest absolute Gasteiger partial charge is 0.328 e. The average Bonchev–Trinajstić information content (AvgIpc) is 2.71. The van der Waals surface area contributed by atoms with Crippen molar-refractivity contribution in [1.82, 2.24) is 10.3 Å². The van der Waals surface area contributed by atoms with Crippen molar-refractivity contribution in [3.8, 4) is 11.5 Å². The maximum absolute atomic E-state index is 13.6.